The zero-order chi connectivity index (χ0) is 15.5. The molecular formula is C16H22FN3O2. The molecule has 3 atom stereocenters. The van der Waals surface area contributed by atoms with Gasteiger partial charge in [-0.3, -0.25) is 4.79 Å². The molecule has 6 heteroatoms. The molecule has 0 aromatic heterocycles. The van der Waals surface area contributed by atoms with E-state index in [4.69, 9.17) is 0 Å². The van der Waals surface area contributed by atoms with E-state index in [0.717, 1.165) is 25.2 Å². The molecule has 1 aromatic carbocycles. The van der Waals surface area contributed by atoms with Gasteiger partial charge in [0.25, 0.3) is 0 Å². The molecule has 5 nitrogen and oxygen atoms in total. The number of β-amino-alcohol motifs (C(OH)–C–C–N with tert-alkyl or cyclic N) is 1. The van der Waals surface area contributed by atoms with E-state index >= 15 is 0 Å². The molecule has 2 aliphatic rings. The van der Waals surface area contributed by atoms with Crippen LogP contribution < -0.4 is 15.5 Å². The maximum atomic E-state index is 12.9. The lowest BCUT2D eigenvalue weighted by Crippen LogP contribution is -2.42. The summed E-state index contributed by atoms with van der Waals surface area (Å²) in [6.45, 7) is 2.92. The van der Waals surface area contributed by atoms with Gasteiger partial charge < -0.3 is 20.6 Å². The Morgan fingerprint density at radius 2 is 2.18 bits per heavy atom. The van der Waals surface area contributed by atoms with Crippen LogP contribution in [0.1, 0.15) is 12.8 Å². The number of carbonyl (C=O) groups is 1. The van der Waals surface area contributed by atoms with Crippen LogP contribution in [0.5, 0.6) is 0 Å². The van der Waals surface area contributed by atoms with Gasteiger partial charge in [-0.1, -0.05) is 0 Å². The first-order chi connectivity index (χ1) is 10.6. The Morgan fingerprint density at radius 3 is 2.86 bits per heavy atom. The monoisotopic (exact) mass is 307 g/mol. The van der Waals surface area contributed by atoms with Crippen molar-refractivity contribution in [3.8, 4) is 0 Å². The summed E-state index contributed by atoms with van der Waals surface area (Å²) in [7, 11) is 0. The fourth-order valence-electron chi connectivity index (χ4n) is 3.17. The third kappa shape index (κ3) is 3.56. The number of amides is 1. The fraction of sp³-hybridized carbons (Fsp3) is 0.562. The molecule has 0 bridgehead atoms. The molecule has 1 unspecified atom stereocenters. The maximum Gasteiger partial charge on any atom is 0.237 e. The van der Waals surface area contributed by atoms with E-state index in [2.05, 4.69) is 15.5 Å². The number of aliphatic hydroxyl groups is 1. The fourth-order valence-corrected chi connectivity index (χ4v) is 3.17. The molecule has 1 amide bonds. The van der Waals surface area contributed by atoms with E-state index in [9.17, 15) is 14.3 Å². The molecule has 2 fully saturated rings. The summed E-state index contributed by atoms with van der Waals surface area (Å²) in [6.07, 6.45) is 1.08. The van der Waals surface area contributed by atoms with Crippen molar-refractivity contribution in [2.24, 2.45) is 5.92 Å². The van der Waals surface area contributed by atoms with Gasteiger partial charge >= 0.3 is 0 Å². The molecule has 0 aliphatic carbocycles. The molecule has 0 radical (unpaired) electrons. The zero-order valence-corrected chi connectivity index (χ0v) is 12.5. The number of hydrogen-bond acceptors (Lipinski definition) is 4. The lowest BCUT2D eigenvalue weighted by Gasteiger charge is -2.19. The minimum absolute atomic E-state index is 0.0308. The molecule has 22 heavy (non-hydrogen) atoms. The lowest BCUT2D eigenvalue weighted by atomic mass is 10.1. The number of nitrogens with one attached hydrogen (secondary N) is 2. The average Bonchev–Trinajstić information content (AvgIpc) is 3.15. The smallest absolute Gasteiger partial charge is 0.237 e. The van der Waals surface area contributed by atoms with Gasteiger partial charge in [0.2, 0.25) is 5.91 Å². The number of aliphatic hydroxyl groups excluding tert-OH is 1. The predicted octanol–water partition coefficient (Wildman–Crippen LogP) is 0.491. The van der Waals surface area contributed by atoms with Crippen LogP contribution in [0.15, 0.2) is 24.3 Å². The van der Waals surface area contributed by atoms with E-state index in [1.165, 1.54) is 12.1 Å². The quantitative estimate of drug-likeness (QED) is 0.757. The second-order valence-electron chi connectivity index (χ2n) is 6.17. The summed E-state index contributed by atoms with van der Waals surface area (Å²) < 4.78 is 12.9. The Morgan fingerprint density at radius 1 is 1.41 bits per heavy atom. The van der Waals surface area contributed by atoms with Crippen LogP contribution in [0.3, 0.4) is 0 Å². The van der Waals surface area contributed by atoms with Crippen LogP contribution in [0.25, 0.3) is 0 Å². The molecule has 3 N–H and O–H groups in total. The number of carbonyl (C=O) groups excluding carboxylic acids is 1. The van der Waals surface area contributed by atoms with Gasteiger partial charge in [-0.15, -0.1) is 0 Å². The van der Waals surface area contributed by atoms with Gasteiger partial charge in [0, 0.05) is 31.9 Å². The molecule has 1 aromatic rings. The van der Waals surface area contributed by atoms with Gasteiger partial charge in [0.05, 0.1) is 12.1 Å². The van der Waals surface area contributed by atoms with Crippen LogP contribution in [-0.4, -0.2) is 49.3 Å². The van der Waals surface area contributed by atoms with E-state index in [0.29, 0.717) is 25.4 Å². The van der Waals surface area contributed by atoms with Crippen LogP contribution in [0.2, 0.25) is 0 Å². The minimum Gasteiger partial charge on any atom is -0.392 e. The highest BCUT2D eigenvalue weighted by Gasteiger charge is 2.29. The zero-order valence-electron chi connectivity index (χ0n) is 12.5. The van der Waals surface area contributed by atoms with E-state index in [1.54, 1.807) is 12.1 Å². The highest BCUT2D eigenvalue weighted by Crippen LogP contribution is 2.23. The van der Waals surface area contributed by atoms with Gasteiger partial charge in [-0.05, 0) is 43.0 Å². The Balaban J connectivity index is 1.45. The van der Waals surface area contributed by atoms with Gasteiger partial charge in [-0.2, -0.15) is 0 Å². The van der Waals surface area contributed by atoms with Crippen molar-refractivity contribution in [2.75, 3.05) is 31.1 Å². The van der Waals surface area contributed by atoms with Crippen molar-refractivity contribution >= 4 is 11.6 Å². The van der Waals surface area contributed by atoms with Gasteiger partial charge in [-0.25, -0.2) is 4.39 Å². The van der Waals surface area contributed by atoms with E-state index in [-0.39, 0.29) is 17.8 Å². The summed E-state index contributed by atoms with van der Waals surface area (Å²) in [6, 6.07) is 6.26. The first-order valence-corrected chi connectivity index (χ1v) is 7.81. The number of rotatable bonds is 4. The van der Waals surface area contributed by atoms with E-state index in [1.807, 2.05) is 0 Å². The molecule has 2 heterocycles. The first kappa shape index (κ1) is 15.2. The summed E-state index contributed by atoms with van der Waals surface area (Å²) in [4.78, 5) is 14.2. The number of anilines is 1. The Labute approximate surface area is 129 Å². The highest BCUT2D eigenvalue weighted by molar-refractivity contribution is 5.82. The third-order valence-electron chi connectivity index (χ3n) is 4.47. The first-order valence-electron chi connectivity index (χ1n) is 7.81. The second-order valence-corrected chi connectivity index (χ2v) is 6.17. The summed E-state index contributed by atoms with van der Waals surface area (Å²) in [5, 5.41) is 15.4. The highest BCUT2D eigenvalue weighted by atomic mass is 19.1. The molecule has 120 valence electrons. The van der Waals surface area contributed by atoms with Crippen molar-refractivity contribution in [3.63, 3.8) is 0 Å². The second kappa shape index (κ2) is 6.62. The SMILES string of the molecule is O=C(NCC1CCN(c2ccc(F)cc2)C1)[C@@H]1C[C@@H](O)CN1. The summed E-state index contributed by atoms with van der Waals surface area (Å²) >= 11 is 0. The van der Waals surface area contributed by atoms with Crippen molar-refractivity contribution in [1.29, 1.82) is 0 Å². The van der Waals surface area contributed by atoms with Crippen molar-refractivity contribution < 1.29 is 14.3 Å². The maximum absolute atomic E-state index is 12.9. The van der Waals surface area contributed by atoms with Crippen molar-refractivity contribution in [3.05, 3.63) is 30.1 Å². The molecule has 2 aliphatic heterocycles. The topological polar surface area (TPSA) is 64.6 Å². The number of hydrogen-bond donors (Lipinski definition) is 3. The third-order valence-corrected chi connectivity index (χ3v) is 4.47. The number of halogens is 1. The van der Waals surface area contributed by atoms with Crippen molar-refractivity contribution in [2.45, 2.75) is 25.0 Å². The Bertz CT molecular complexity index is 523. The molecular weight excluding hydrogens is 285 g/mol. The molecule has 3 rings (SSSR count). The average molecular weight is 307 g/mol. The molecule has 2 saturated heterocycles. The Kier molecular flexibility index (Phi) is 4.59. The van der Waals surface area contributed by atoms with Crippen LogP contribution in [0.4, 0.5) is 10.1 Å². The van der Waals surface area contributed by atoms with Crippen LogP contribution >= 0.6 is 0 Å². The number of nitrogens with zero attached hydrogens (tertiary/aromatic N) is 1. The van der Waals surface area contributed by atoms with Crippen LogP contribution in [-0.2, 0) is 4.79 Å². The lowest BCUT2D eigenvalue weighted by molar-refractivity contribution is -0.123. The standard InChI is InChI=1S/C16H22FN3O2/c17-12-1-3-13(4-2-12)20-6-5-11(10-20)8-19-16(22)15-7-14(21)9-18-15/h1-4,11,14-15,18,21H,5-10H2,(H,19,22)/t11?,14-,15+/m1/s1. The normalized spacial score (nSPS) is 28.1. The molecule has 0 saturated carbocycles. The van der Waals surface area contributed by atoms with Crippen LogP contribution in [0, 0.1) is 11.7 Å². The Hall–Kier alpha value is -1.66. The summed E-state index contributed by atoms with van der Waals surface area (Å²) in [5.74, 6) is 0.148. The molecule has 0 spiro atoms. The minimum atomic E-state index is -0.420. The van der Waals surface area contributed by atoms with Gasteiger partial charge in [0.1, 0.15) is 5.82 Å². The van der Waals surface area contributed by atoms with Crippen molar-refractivity contribution in [1.82, 2.24) is 10.6 Å². The number of benzene rings is 1. The largest absolute Gasteiger partial charge is 0.392 e. The van der Waals surface area contributed by atoms with E-state index < -0.39 is 6.10 Å². The summed E-state index contributed by atoms with van der Waals surface area (Å²) in [5.41, 5.74) is 1.02. The predicted molar refractivity (Wildman–Crippen MR) is 82.1 cm³/mol. The van der Waals surface area contributed by atoms with Gasteiger partial charge in [0.15, 0.2) is 0 Å².